The minimum absolute atomic E-state index is 0.0301. The number of para-hydroxylation sites is 1. The van der Waals surface area contributed by atoms with Crippen LogP contribution in [0.3, 0.4) is 0 Å². The summed E-state index contributed by atoms with van der Waals surface area (Å²) in [7, 11) is 0. The number of hydrogen-bond donors (Lipinski definition) is 2. The van der Waals surface area contributed by atoms with Crippen molar-refractivity contribution in [1.29, 1.82) is 0 Å². The minimum atomic E-state index is -0.312. The van der Waals surface area contributed by atoms with Gasteiger partial charge in [-0.05, 0) is 39.3 Å². The molecule has 4 nitrogen and oxygen atoms in total. The van der Waals surface area contributed by atoms with Crippen LogP contribution in [0.5, 0.6) is 0 Å². The Morgan fingerprint density at radius 2 is 1.65 bits per heavy atom. The van der Waals surface area contributed by atoms with Crippen LogP contribution in [0.4, 0.5) is 5.69 Å². The van der Waals surface area contributed by atoms with Crippen LogP contribution in [0, 0.1) is 0 Å². The topological polar surface area (TPSA) is 58.2 Å². The highest BCUT2D eigenvalue weighted by Crippen LogP contribution is 2.17. The van der Waals surface area contributed by atoms with Gasteiger partial charge in [-0.15, -0.1) is 0 Å². The Hall–Kier alpha value is -1.84. The van der Waals surface area contributed by atoms with E-state index in [-0.39, 0.29) is 17.4 Å². The maximum absolute atomic E-state index is 12.3. The van der Waals surface area contributed by atoms with Crippen molar-refractivity contribution >= 4 is 17.5 Å². The van der Waals surface area contributed by atoms with E-state index in [1.807, 2.05) is 26.8 Å². The number of carbonyl (C=O) groups is 2. The monoisotopic (exact) mass is 318 g/mol. The van der Waals surface area contributed by atoms with Crippen molar-refractivity contribution in [2.45, 2.75) is 71.8 Å². The van der Waals surface area contributed by atoms with Crippen molar-refractivity contribution in [1.82, 2.24) is 5.32 Å². The summed E-state index contributed by atoms with van der Waals surface area (Å²) in [6.07, 6.45) is 6.06. The highest BCUT2D eigenvalue weighted by atomic mass is 16.2. The Balaban J connectivity index is 2.60. The first-order valence-corrected chi connectivity index (χ1v) is 8.55. The van der Waals surface area contributed by atoms with Gasteiger partial charge in [0, 0.05) is 12.0 Å². The standard InChI is InChI=1S/C19H30N2O2/c1-5-6-7-8-9-14-17(22)20-16-13-11-10-12-15(16)18(23)21-19(2,3)4/h10-13H,5-9,14H2,1-4H3,(H,20,22)(H,21,23). The normalized spacial score (nSPS) is 11.1. The molecule has 0 fully saturated rings. The molecule has 0 radical (unpaired) electrons. The fraction of sp³-hybridized carbons (Fsp3) is 0.579. The molecule has 2 amide bonds. The largest absolute Gasteiger partial charge is 0.347 e. The fourth-order valence-corrected chi connectivity index (χ4v) is 2.30. The third-order valence-corrected chi connectivity index (χ3v) is 3.44. The molecule has 4 heteroatoms. The predicted octanol–water partition coefficient (Wildman–Crippen LogP) is 4.51. The SMILES string of the molecule is CCCCCCCC(=O)Nc1ccccc1C(=O)NC(C)(C)C. The lowest BCUT2D eigenvalue weighted by Crippen LogP contribution is -2.40. The lowest BCUT2D eigenvalue weighted by atomic mass is 10.1. The van der Waals surface area contributed by atoms with Crippen LogP contribution < -0.4 is 10.6 Å². The Kier molecular flexibility index (Phi) is 7.79. The molecule has 0 aliphatic carbocycles. The van der Waals surface area contributed by atoms with Gasteiger partial charge in [0.1, 0.15) is 0 Å². The first kappa shape index (κ1) is 19.2. The number of hydrogen-bond acceptors (Lipinski definition) is 2. The number of unbranched alkanes of at least 4 members (excludes halogenated alkanes) is 4. The molecule has 0 aliphatic rings. The molecule has 128 valence electrons. The Bertz CT molecular complexity index is 518. The molecule has 0 aromatic heterocycles. The van der Waals surface area contributed by atoms with Gasteiger partial charge >= 0.3 is 0 Å². The van der Waals surface area contributed by atoms with Gasteiger partial charge in [-0.25, -0.2) is 0 Å². The summed E-state index contributed by atoms with van der Waals surface area (Å²) < 4.78 is 0. The lowest BCUT2D eigenvalue weighted by Gasteiger charge is -2.21. The van der Waals surface area contributed by atoms with E-state index in [0.717, 1.165) is 12.8 Å². The summed E-state index contributed by atoms with van der Waals surface area (Å²) in [6, 6.07) is 7.13. The molecule has 2 N–H and O–H groups in total. The minimum Gasteiger partial charge on any atom is -0.347 e. The second-order valence-electron chi connectivity index (χ2n) is 6.96. The van der Waals surface area contributed by atoms with E-state index in [9.17, 15) is 9.59 Å². The van der Waals surface area contributed by atoms with Crippen molar-refractivity contribution < 1.29 is 9.59 Å². The lowest BCUT2D eigenvalue weighted by molar-refractivity contribution is -0.116. The number of rotatable bonds is 8. The summed E-state index contributed by atoms with van der Waals surface area (Å²) in [5, 5.41) is 5.79. The molecule has 1 aromatic carbocycles. The average Bonchev–Trinajstić information content (AvgIpc) is 2.45. The van der Waals surface area contributed by atoms with Gasteiger partial charge in [0.15, 0.2) is 0 Å². The Morgan fingerprint density at radius 3 is 2.30 bits per heavy atom. The molecule has 0 unspecified atom stereocenters. The first-order valence-electron chi connectivity index (χ1n) is 8.55. The van der Waals surface area contributed by atoms with E-state index < -0.39 is 0 Å². The Labute approximate surface area is 140 Å². The van der Waals surface area contributed by atoms with Gasteiger partial charge < -0.3 is 10.6 Å². The van der Waals surface area contributed by atoms with Crippen molar-refractivity contribution in [2.24, 2.45) is 0 Å². The van der Waals surface area contributed by atoms with E-state index in [0.29, 0.717) is 17.7 Å². The summed E-state index contributed by atoms with van der Waals surface area (Å²) in [4.78, 5) is 24.4. The average molecular weight is 318 g/mol. The summed E-state index contributed by atoms with van der Waals surface area (Å²) >= 11 is 0. The van der Waals surface area contributed by atoms with Crippen LogP contribution in [-0.4, -0.2) is 17.4 Å². The number of anilines is 1. The highest BCUT2D eigenvalue weighted by molar-refractivity contribution is 6.03. The van der Waals surface area contributed by atoms with Gasteiger partial charge in [0.25, 0.3) is 5.91 Å². The quantitative estimate of drug-likeness (QED) is 0.693. The molecule has 0 saturated heterocycles. The van der Waals surface area contributed by atoms with Gasteiger partial charge in [-0.3, -0.25) is 9.59 Å². The van der Waals surface area contributed by atoms with Crippen LogP contribution >= 0.6 is 0 Å². The second-order valence-corrected chi connectivity index (χ2v) is 6.96. The van der Waals surface area contributed by atoms with Crippen LogP contribution in [-0.2, 0) is 4.79 Å². The van der Waals surface area contributed by atoms with Crippen LogP contribution in [0.1, 0.15) is 76.6 Å². The van der Waals surface area contributed by atoms with E-state index >= 15 is 0 Å². The zero-order valence-corrected chi connectivity index (χ0v) is 14.9. The van der Waals surface area contributed by atoms with E-state index in [1.54, 1.807) is 18.2 Å². The first-order chi connectivity index (χ1) is 10.8. The van der Waals surface area contributed by atoms with Crippen LogP contribution in [0.15, 0.2) is 24.3 Å². The van der Waals surface area contributed by atoms with Crippen molar-refractivity contribution in [3.05, 3.63) is 29.8 Å². The van der Waals surface area contributed by atoms with Crippen LogP contribution in [0.25, 0.3) is 0 Å². The zero-order valence-electron chi connectivity index (χ0n) is 14.9. The smallest absolute Gasteiger partial charge is 0.253 e. The molecule has 23 heavy (non-hydrogen) atoms. The van der Waals surface area contributed by atoms with Crippen molar-refractivity contribution in [3.63, 3.8) is 0 Å². The van der Waals surface area contributed by atoms with Gasteiger partial charge in [-0.2, -0.15) is 0 Å². The van der Waals surface area contributed by atoms with Gasteiger partial charge in [0.05, 0.1) is 11.3 Å². The third kappa shape index (κ3) is 7.82. The molecule has 0 heterocycles. The summed E-state index contributed by atoms with van der Waals surface area (Å²) in [5.41, 5.74) is 0.766. The van der Waals surface area contributed by atoms with Crippen LogP contribution in [0.2, 0.25) is 0 Å². The third-order valence-electron chi connectivity index (χ3n) is 3.44. The maximum atomic E-state index is 12.3. The number of benzene rings is 1. The summed E-state index contributed by atoms with van der Waals surface area (Å²) in [6.45, 7) is 7.97. The summed E-state index contributed by atoms with van der Waals surface area (Å²) in [5.74, 6) is -0.200. The van der Waals surface area contributed by atoms with Crippen molar-refractivity contribution in [3.8, 4) is 0 Å². The predicted molar refractivity (Wildman–Crippen MR) is 95.7 cm³/mol. The van der Waals surface area contributed by atoms with E-state index in [2.05, 4.69) is 17.6 Å². The molecule has 0 saturated carbocycles. The Morgan fingerprint density at radius 1 is 1.00 bits per heavy atom. The highest BCUT2D eigenvalue weighted by Gasteiger charge is 2.18. The molecule has 0 aliphatic heterocycles. The van der Waals surface area contributed by atoms with E-state index in [4.69, 9.17) is 0 Å². The second kappa shape index (κ2) is 9.33. The zero-order chi connectivity index (χ0) is 17.3. The molecule has 0 spiro atoms. The maximum Gasteiger partial charge on any atom is 0.253 e. The van der Waals surface area contributed by atoms with Crippen molar-refractivity contribution in [2.75, 3.05) is 5.32 Å². The molecule has 0 bridgehead atoms. The van der Waals surface area contributed by atoms with Gasteiger partial charge in [-0.1, -0.05) is 44.7 Å². The molecular weight excluding hydrogens is 288 g/mol. The van der Waals surface area contributed by atoms with Gasteiger partial charge in [0.2, 0.25) is 5.91 Å². The molecule has 1 rings (SSSR count). The molecular formula is C19H30N2O2. The molecule has 1 aromatic rings. The fourth-order valence-electron chi connectivity index (χ4n) is 2.30. The number of carbonyl (C=O) groups excluding carboxylic acids is 2. The number of nitrogens with one attached hydrogen (secondary N) is 2. The number of amides is 2. The van der Waals surface area contributed by atoms with E-state index in [1.165, 1.54) is 19.3 Å². The molecule has 0 atom stereocenters.